The number of benzene rings is 2. The molecule has 140 valence electrons. The third kappa shape index (κ3) is 5.50. The Morgan fingerprint density at radius 2 is 1.12 bits per heavy atom. The topological polar surface area (TPSA) is 43.4 Å². The summed E-state index contributed by atoms with van der Waals surface area (Å²) in [5.41, 5.74) is 0.146. The van der Waals surface area contributed by atoms with Crippen molar-refractivity contribution in [1.29, 1.82) is 0 Å². The minimum Gasteiger partial charge on any atom is -0.407 e. The first kappa shape index (κ1) is 22.0. The first-order valence-electron chi connectivity index (χ1n) is 8.83. The maximum absolute atomic E-state index is 8.12. The van der Waals surface area contributed by atoms with Gasteiger partial charge in [0.1, 0.15) is 0 Å². The van der Waals surface area contributed by atoms with E-state index in [1.807, 2.05) is 0 Å². The summed E-state index contributed by atoms with van der Waals surface area (Å²) in [5.74, 6) is 0. The summed E-state index contributed by atoms with van der Waals surface area (Å²) in [5, 5.41) is 2.76. The molecule has 0 heterocycles. The smallest absolute Gasteiger partial charge is 0.373 e. The Morgan fingerprint density at radius 1 is 0.769 bits per heavy atom. The van der Waals surface area contributed by atoms with Crippen molar-refractivity contribution in [3.05, 3.63) is 60.7 Å². The maximum atomic E-state index is 8.12. The van der Waals surface area contributed by atoms with Crippen LogP contribution in [0.3, 0.4) is 0 Å². The zero-order valence-electron chi connectivity index (χ0n) is 16.7. The lowest BCUT2D eigenvalue weighted by molar-refractivity contribution is -0.191. The molecule has 0 unspecified atom stereocenters. The standard InChI is InChI=1S/C21H30OSi.CO2/c1-20(2,3)17-22-23(21(4,5)6,18-13-9-7-10-14-18)19-15-11-8-12-16-19;2-1-3/h7-16H,17H2,1-6H3;. The van der Waals surface area contributed by atoms with Gasteiger partial charge in [-0.15, -0.1) is 0 Å². The predicted octanol–water partition coefficient (Wildman–Crippen LogP) is 4.03. The summed E-state index contributed by atoms with van der Waals surface area (Å²) in [6.45, 7) is 14.5. The second kappa shape index (κ2) is 9.09. The molecule has 0 bridgehead atoms. The summed E-state index contributed by atoms with van der Waals surface area (Å²) in [4.78, 5) is 16.2. The maximum Gasteiger partial charge on any atom is 0.373 e. The molecule has 2 aromatic carbocycles. The van der Waals surface area contributed by atoms with Crippen LogP contribution in [0.4, 0.5) is 0 Å². The zero-order chi connectivity index (χ0) is 19.8. The van der Waals surface area contributed by atoms with Crippen molar-refractivity contribution in [1.82, 2.24) is 0 Å². The van der Waals surface area contributed by atoms with E-state index < -0.39 is 8.32 Å². The van der Waals surface area contributed by atoms with Gasteiger partial charge in [0.25, 0.3) is 8.32 Å². The Bertz CT molecular complexity index is 652. The molecule has 3 nitrogen and oxygen atoms in total. The average Bonchev–Trinajstić information content (AvgIpc) is 2.56. The average molecular weight is 371 g/mol. The van der Waals surface area contributed by atoms with Gasteiger partial charge in [0.2, 0.25) is 0 Å². The van der Waals surface area contributed by atoms with Crippen LogP contribution in [0, 0.1) is 5.41 Å². The lowest BCUT2D eigenvalue weighted by atomic mass is 9.99. The van der Waals surface area contributed by atoms with Crippen molar-refractivity contribution in [3.8, 4) is 0 Å². The molecule has 2 rings (SSSR count). The molecule has 0 atom stereocenters. The van der Waals surface area contributed by atoms with Crippen molar-refractivity contribution < 1.29 is 14.0 Å². The van der Waals surface area contributed by atoms with Crippen LogP contribution in [0.1, 0.15) is 41.5 Å². The Balaban J connectivity index is 0.00000105. The Labute approximate surface area is 158 Å². The third-order valence-electron chi connectivity index (χ3n) is 4.14. The lowest BCUT2D eigenvalue weighted by Crippen LogP contribution is -2.67. The normalized spacial score (nSPS) is 11.9. The van der Waals surface area contributed by atoms with Gasteiger partial charge in [-0.1, -0.05) is 102 Å². The molecule has 0 N–H and O–H groups in total. The van der Waals surface area contributed by atoms with Crippen LogP contribution < -0.4 is 10.4 Å². The van der Waals surface area contributed by atoms with Crippen LogP contribution >= 0.6 is 0 Å². The summed E-state index contributed by atoms with van der Waals surface area (Å²) in [6, 6.07) is 21.7. The molecule has 4 heteroatoms. The second-order valence-corrected chi connectivity index (χ2v) is 12.9. The monoisotopic (exact) mass is 370 g/mol. The van der Waals surface area contributed by atoms with E-state index in [1.165, 1.54) is 10.4 Å². The SMILES string of the molecule is CC(C)(C)CO[Si](c1ccccc1)(c1ccccc1)C(C)(C)C.O=C=O. The highest BCUT2D eigenvalue weighted by Crippen LogP contribution is 2.37. The first-order valence-corrected chi connectivity index (χ1v) is 10.7. The van der Waals surface area contributed by atoms with Gasteiger partial charge in [0.15, 0.2) is 0 Å². The van der Waals surface area contributed by atoms with Crippen molar-refractivity contribution in [2.24, 2.45) is 5.41 Å². The number of hydrogen-bond acceptors (Lipinski definition) is 3. The molecule has 0 aliphatic heterocycles. The van der Waals surface area contributed by atoms with Gasteiger partial charge < -0.3 is 4.43 Å². The minimum atomic E-state index is -2.36. The quantitative estimate of drug-likeness (QED) is 0.763. The van der Waals surface area contributed by atoms with E-state index in [9.17, 15) is 0 Å². The van der Waals surface area contributed by atoms with Gasteiger partial charge in [-0.25, -0.2) is 0 Å². The molecule has 0 saturated carbocycles. The molecular weight excluding hydrogens is 340 g/mol. The molecule has 0 amide bonds. The fourth-order valence-electron chi connectivity index (χ4n) is 3.09. The molecule has 0 aliphatic carbocycles. The molecule has 0 spiro atoms. The molecule has 0 radical (unpaired) electrons. The fourth-order valence-corrected chi connectivity index (χ4v) is 7.89. The molecule has 0 fully saturated rings. The highest BCUT2D eigenvalue weighted by Gasteiger charge is 2.50. The largest absolute Gasteiger partial charge is 0.407 e. The number of hydrogen-bond donors (Lipinski definition) is 0. The van der Waals surface area contributed by atoms with Crippen LogP contribution in [0.2, 0.25) is 5.04 Å². The van der Waals surface area contributed by atoms with E-state index in [-0.39, 0.29) is 16.6 Å². The Hall–Kier alpha value is -2.00. The van der Waals surface area contributed by atoms with Gasteiger partial charge in [-0.05, 0) is 20.8 Å². The summed E-state index contributed by atoms with van der Waals surface area (Å²) in [6.07, 6.45) is 0.250. The summed E-state index contributed by atoms with van der Waals surface area (Å²) >= 11 is 0. The molecule has 2 aromatic rings. The summed E-state index contributed by atoms with van der Waals surface area (Å²) in [7, 11) is -2.36. The summed E-state index contributed by atoms with van der Waals surface area (Å²) < 4.78 is 6.87. The molecular formula is C22H30O3Si. The van der Waals surface area contributed by atoms with Crippen LogP contribution in [-0.2, 0) is 14.0 Å². The van der Waals surface area contributed by atoms with Crippen molar-refractivity contribution in [2.45, 2.75) is 46.6 Å². The predicted molar refractivity (Wildman–Crippen MR) is 108 cm³/mol. The van der Waals surface area contributed by atoms with E-state index >= 15 is 0 Å². The molecule has 0 aromatic heterocycles. The molecule has 26 heavy (non-hydrogen) atoms. The third-order valence-corrected chi connectivity index (χ3v) is 9.12. The van der Waals surface area contributed by atoms with Gasteiger partial charge in [0, 0.05) is 6.61 Å². The molecule has 0 saturated heterocycles. The minimum absolute atomic E-state index is 0.0565. The number of carbonyl (C=O) groups excluding carboxylic acids is 2. The van der Waals surface area contributed by atoms with Gasteiger partial charge in [-0.3, -0.25) is 0 Å². The fraction of sp³-hybridized carbons (Fsp3) is 0.409. The second-order valence-electron chi connectivity index (χ2n) is 8.60. The lowest BCUT2D eigenvalue weighted by Gasteiger charge is -2.44. The van der Waals surface area contributed by atoms with Gasteiger partial charge in [0.05, 0.1) is 0 Å². The Kier molecular flexibility index (Phi) is 7.70. The van der Waals surface area contributed by atoms with Crippen molar-refractivity contribution in [2.75, 3.05) is 6.61 Å². The highest BCUT2D eigenvalue weighted by molar-refractivity contribution is 6.99. The first-order chi connectivity index (χ1) is 12.1. The van der Waals surface area contributed by atoms with Crippen molar-refractivity contribution >= 4 is 24.8 Å². The zero-order valence-corrected chi connectivity index (χ0v) is 17.7. The van der Waals surface area contributed by atoms with Crippen molar-refractivity contribution in [3.63, 3.8) is 0 Å². The van der Waals surface area contributed by atoms with E-state index in [4.69, 9.17) is 14.0 Å². The van der Waals surface area contributed by atoms with Crippen LogP contribution in [0.5, 0.6) is 0 Å². The highest BCUT2D eigenvalue weighted by atomic mass is 28.4. The van der Waals surface area contributed by atoms with Crippen LogP contribution in [0.15, 0.2) is 60.7 Å². The van der Waals surface area contributed by atoms with E-state index in [2.05, 4.69) is 102 Å². The van der Waals surface area contributed by atoms with Gasteiger partial charge in [-0.2, -0.15) is 9.59 Å². The van der Waals surface area contributed by atoms with E-state index in [1.54, 1.807) is 0 Å². The van der Waals surface area contributed by atoms with E-state index in [0.717, 1.165) is 6.61 Å². The van der Waals surface area contributed by atoms with E-state index in [0.29, 0.717) is 0 Å². The molecule has 0 aliphatic rings. The van der Waals surface area contributed by atoms with Crippen LogP contribution in [-0.4, -0.2) is 21.1 Å². The number of rotatable bonds is 4. The van der Waals surface area contributed by atoms with Crippen LogP contribution in [0.25, 0.3) is 0 Å². The Morgan fingerprint density at radius 3 is 1.38 bits per heavy atom. The van der Waals surface area contributed by atoms with Gasteiger partial charge >= 0.3 is 6.15 Å².